The van der Waals surface area contributed by atoms with Crippen LogP contribution in [0.2, 0.25) is 5.02 Å². The number of hydrogen-bond acceptors (Lipinski definition) is 5. The fourth-order valence-electron chi connectivity index (χ4n) is 3.41. The highest BCUT2D eigenvalue weighted by molar-refractivity contribution is 9.10. The molecule has 1 amide bonds. The van der Waals surface area contributed by atoms with Gasteiger partial charge in [0.2, 0.25) is 0 Å². The van der Waals surface area contributed by atoms with Gasteiger partial charge in [0.05, 0.1) is 13.3 Å². The largest absolute Gasteiger partial charge is 0.493 e. The van der Waals surface area contributed by atoms with Crippen molar-refractivity contribution in [2.75, 3.05) is 7.11 Å². The van der Waals surface area contributed by atoms with Gasteiger partial charge < -0.3 is 14.2 Å². The monoisotopic (exact) mass is 578 g/mol. The van der Waals surface area contributed by atoms with Crippen LogP contribution in [0.15, 0.2) is 101 Å². The maximum Gasteiger partial charge on any atom is 0.271 e. The van der Waals surface area contributed by atoms with Gasteiger partial charge in [-0.25, -0.2) is 5.43 Å². The third-order valence-corrected chi connectivity index (χ3v) is 6.21. The molecule has 0 fully saturated rings. The quantitative estimate of drug-likeness (QED) is 0.162. The van der Waals surface area contributed by atoms with E-state index in [1.54, 1.807) is 18.2 Å². The molecular formula is C29H24BrClN2O4. The minimum atomic E-state index is -0.391. The van der Waals surface area contributed by atoms with Crippen molar-refractivity contribution in [1.82, 2.24) is 5.43 Å². The zero-order valence-electron chi connectivity index (χ0n) is 20.0. The van der Waals surface area contributed by atoms with Gasteiger partial charge in [-0.1, -0.05) is 76.1 Å². The summed E-state index contributed by atoms with van der Waals surface area (Å²) < 4.78 is 18.1. The van der Waals surface area contributed by atoms with E-state index in [1.807, 2.05) is 72.8 Å². The molecule has 8 heteroatoms. The van der Waals surface area contributed by atoms with Crippen molar-refractivity contribution in [3.05, 3.63) is 123 Å². The lowest BCUT2D eigenvalue weighted by atomic mass is 10.2. The van der Waals surface area contributed by atoms with Crippen molar-refractivity contribution >= 4 is 39.7 Å². The molecule has 6 nitrogen and oxygen atoms in total. The number of nitrogens with one attached hydrogen (secondary N) is 1. The van der Waals surface area contributed by atoms with E-state index in [1.165, 1.54) is 13.3 Å². The van der Waals surface area contributed by atoms with Crippen molar-refractivity contribution in [1.29, 1.82) is 0 Å². The molecule has 0 heterocycles. The fourth-order valence-corrected chi connectivity index (χ4v) is 3.98. The van der Waals surface area contributed by atoms with Gasteiger partial charge in [-0.2, -0.15) is 5.10 Å². The second-order valence-corrected chi connectivity index (χ2v) is 9.22. The number of ether oxygens (including phenoxy) is 3. The Morgan fingerprint density at radius 3 is 2.41 bits per heavy atom. The summed E-state index contributed by atoms with van der Waals surface area (Å²) >= 11 is 9.69. The normalized spacial score (nSPS) is 10.8. The second-order valence-electron chi connectivity index (χ2n) is 7.90. The summed E-state index contributed by atoms with van der Waals surface area (Å²) in [5, 5.41) is 4.76. The van der Waals surface area contributed by atoms with Crippen LogP contribution in [-0.4, -0.2) is 19.2 Å². The lowest BCUT2D eigenvalue weighted by Gasteiger charge is -2.12. The van der Waals surface area contributed by atoms with Crippen LogP contribution < -0.4 is 19.6 Å². The smallest absolute Gasteiger partial charge is 0.271 e. The number of rotatable bonds is 10. The highest BCUT2D eigenvalue weighted by Gasteiger charge is 2.12. The fraction of sp³-hybridized carbons (Fsp3) is 0.103. The predicted octanol–water partition coefficient (Wildman–Crippen LogP) is 7.03. The van der Waals surface area contributed by atoms with Crippen LogP contribution in [0.25, 0.3) is 0 Å². The van der Waals surface area contributed by atoms with E-state index in [4.69, 9.17) is 25.8 Å². The molecule has 0 aliphatic carbocycles. The molecule has 0 atom stereocenters. The predicted molar refractivity (Wildman–Crippen MR) is 149 cm³/mol. The number of carbonyl (C=O) groups excluding carboxylic acids is 1. The van der Waals surface area contributed by atoms with Crippen molar-refractivity contribution in [2.24, 2.45) is 5.10 Å². The molecule has 0 spiro atoms. The lowest BCUT2D eigenvalue weighted by Crippen LogP contribution is -2.17. The Kier molecular flexibility index (Phi) is 9.18. The Labute approximate surface area is 229 Å². The molecule has 0 saturated heterocycles. The highest BCUT2D eigenvalue weighted by Crippen LogP contribution is 2.29. The Hall–Kier alpha value is -3.81. The van der Waals surface area contributed by atoms with Gasteiger partial charge in [0.15, 0.2) is 11.5 Å². The van der Waals surface area contributed by atoms with Gasteiger partial charge >= 0.3 is 0 Å². The third kappa shape index (κ3) is 7.35. The van der Waals surface area contributed by atoms with Gasteiger partial charge in [0.25, 0.3) is 5.91 Å². The van der Waals surface area contributed by atoms with Crippen LogP contribution in [0.5, 0.6) is 17.2 Å². The number of halogens is 2. The minimum Gasteiger partial charge on any atom is -0.493 e. The number of benzene rings is 4. The SMILES string of the molecule is COc1cc(C(=O)N/N=C/c2cc(Br)ccc2OCc2ccccc2Cl)ccc1OCc1ccccc1. The maximum atomic E-state index is 12.7. The van der Waals surface area contributed by atoms with Crippen molar-refractivity contribution in [3.63, 3.8) is 0 Å². The van der Waals surface area contributed by atoms with E-state index < -0.39 is 5.91 Å². The summed E-state index contributed by atoms with van der Waals surface area (Å²) in [6.45, 7) is 0.688. The average Bonchev–Trinajstić information content (AvgIpc) is 2.92. The standard InChI is InChI=1S/C29H24BrClN2O4/c1-35-28-16-21(11-13-27(28)36-18-20-7-3-2-4-8-20)29(34)33-32-17-23-15-24(30)12-14-26(23)37-19-22-9-5-6-10-25(22)31/h2-17H,18-19H2,1H3,(H,33,34)/b32-17+. The first-order valence-corrected chi connectivity index (χ1v) is 12.5. The molecule has 1 N–H and O–H groups in total. The first-order chi connectivity index (χ1) is 18.0. The van der Waals surface area contributed by atoms with Crippen LogP contribution in [0.4, 0.5) is 0 Å². The summed E-state index contributed by atoms with van der Waals surface area (Å²) in [7, 11) is 1.53. The van der Waals surface area contributed by atoms with E-state index >= 15 is 0 Å². The van der Waals surface area contributed by atoms with Crippen molar-refractivity contribution < 1.29 is 19.0 Å². The topological polar surface area (TPSA) is 69.2 Å². The molecule has 37 heavy (non-hydrogen) atoms. The first kappa shape index (κ1) is 26.3. The molecule has 0 unspecified atom stereocenters. The Bertz CT molecular complexity index is 1400. The second kappa shape index (κ2) is 12.9. The van der Waals surface area contributed by atoms with Gasteiger partial charge in [0, 0.05) is 26.2 Å². The zero-order valence-corrected chi connectivity index (χ0v) is 22.3. The first-order valence-electron chi connectivity index (χ1n) is 11.4. The maximum absolute atomic E-state index is 12.7. The zero-order chi connectivity index (χ0) is 26.0. The molecule has 4 aromatic rings. The van der Waals surface area contributed by atoms with E-state index in [0.29, 0.717) is 46.6 Å². The summed E-state index contributed by atoms with van der Waals surface area (Å²) in [4.78, 5) is 12.7. The van der Waals surface area contributed by atoms with Crippen LogP contribution in [-0.2, 0) is 13.2 Å². The average molecular weight is 580 g/mol. The van der Waals surface area contributed by atoms with E-state index in [-0.39, 0.29) is 0 Å². The molecule has 0 radical (unpaired) electrons. The minimum absolute atomic E-state index is 0.299. The summed E-state index contributed by atoms with van der Waals surface area (Å²) in [6, 6.07) is 27.8. The molecule has 0 aliphatic heterocycles. The van der Waals surface area contributed by atoms with Crippen molar-refractivity contribution in [3.8, 4) is 17.2 Å². The number of hydrazone groups is 1. The van der Waals surface area contributed by atoms with E-state index in [2.05, 4.69) is 26.5 Å². The van der Waals surface area contributed by atoms with Crippen LogP contribution >= 0.6 is 27.5 Å². The van der Waals surface area contributed by atoms with E-state index in [0.717, 1.165) is 15.6 Å². The summed E-state index contributed by atoms with van der Waals surface area (Å²) in [5.41, 5.74) is 5.51. The number of carbonyl (C=O) groups is 1. The Balaban J connectivity index is 1.40. The van der Waals surface area contributed by atoms with Crippen LogP contribution in [0.1, 0.15) is 27.0 Å². The van der Waals surface area contributed by atoms with Crippen molar-refractivity contribution in [2.45, 2.75) is 13.2 Å². The molecular weight excluding hydrogens is 556 g/mol. The van der Waals surface area contributed by atoms with Crippen LogP contribution in [0.3, 0.4) is 0 Å². The molecule has 4 rings (SSSR count). The molecule has 188 valence electrons. The summed E-state index contributed by atoms with van der Waals surface area (Å²) in [5.74, 6) is 1.20. The van der Waals surface area contributed by atoms with Gasteiger partial charge in [-0.05, 0) is 48.0 Å². The molecule has 4 aromatic carbocycles. The number of nitrogens with zero attached hydrogens (tertiary/aromatic N) is 1. The Morgan fingerprint density at radius 1 is 0.892 bits per heavy atom. The number of methoxy groups -OCH3 is 1. The molecule has 0 saturated carbocycles. The third-order valence-electron chi connectivity index (χ3n) is 5.35. The lowest BCUT2D eigenvalue weighted by molar-refractivity contribution is 0.0954. The summed E-state index contributed by atoms with van der Waals surface area (Å²) in [6.07, 6.45) is 1.53. The molecule has 0 aromatic heterocycles. The number of hydrogen-bond donors (Lipinski definition) is 1. The molecule has 0 aliphatic rings. The Morgan fingerprint density at radius 2 is 1.62 bits per heavy atom. The van der Waals surface area contributed by atoms with Gasteiger partial charge in [0.1, 0.15) is 19.0 Å². The van der Waals surface area contributed by atoms with Crippen LogP contribution in [0, 0.1) is 0 Å². The van der Waals surface area contributed by atoms with Gasteiger partial charge in [-0.3, -0.25) is 4.79 Å². The van der Waals surface area contributed by atoms with Gasteiger partial charge in [-0.15, -0.1) is 0 Å². The van der Waals surface area contributed by atoms with E-state index in [9.17, 15) is 4.79 Å². The highest BCUT2D eigenvalue weighted by atomic mass is 79.9. The molecule has 0 bridgehead atoms. The number of amides is 1.